The summed E-state index contributed by atoms with van der Waals surface area (Å²) >= 11 is 12.3. The molecule has 2 unspecified atom stereocenters. The zero-order chi connectivity index (χ0) is 21.4. The topological polar surface area (TPSA) is 66.5 Å². The van der Waals surface area contributed by atoms with Gasteiger partial charge in [0.05, 0.1) is 11.7 Å². The predicted octanol–water partition coefficient (Wildman–Crippen LogP) is 4.87. The first-order valence-electron chi connectivity index (χ1n) is 10.5. The van der Waals surface area contributed by atoms with Crippen LogP contribution in [0.3, 0.4) is 0 Å². The number of unbranched alkanes of at least 4 members (excludes halogenated alkanes) is 1. The molecular weight excluding hydrogens is 431 g/mol. The second-order valence-electron chi connectivity index (χ2n) is 7.82. The standard InChI is InChI=1S/C21H32Cl2N2O3S/c1-3-5-8-16(4-2)13-24-21(26)17-9-7-12-25(14-17)29(27,28)15-18-19(22)10-6-11-20(18)23/h6,10-11,16-17H,3-5,7-9,12-15H2,1-2H3,(H,24,26). The van der Waals surface area contributed by atoms with Crippen molar-refractivity contribution in [3.63, 3.8) is 0 Å². The van der Waals surface area contributed by atoms with Crippen LogP contribution in [0.25, 0.3) is 0 Å². The first kappa shape index (κ1) is 24.4. The second-order valence-corrected chi connectivity index (χ2v) is 10.6. The summed E-state index contributed by atoms with van der Waals surface area (Å²) < 4.78 is 27.3. The Morgan fingerprint density at radius 3 is 2.59 bits per heavy atom. The lowest BCUT2D eigenvalue weighted by Crippen LogP contribution is -2.46. The van der Waals surface area contributed by atoms with Crippen LogP contribution in [-0.2, 0) is 20.6 Å². The molecule has 0 aromatic heterocycles. The number of rotatable bonds is 10. The monoisotopic (exact) mass is 462 g/mol. The third-order valence-electron chi connectivity index (χ3n) is 5.64. The molecule has 164 valence electrons. The lowest BCUT2D eigenvalue weighted by atomic mass is 9.96. The highest BCUT2D eigenvalue weighted by molar-refractivity contribution is 7.88. The normalized spacial score (nSPS) is 19.1. The van der Waals surface area contributed by atoms with E-state index in [0.29, 0.717) is 47.5 Å². The van der Waals surface area contributed by atoms with E-state index in [0.717, 1.165) is 25.7 Å². The minimum Gasteiger partial charge on any atom is -0.356 e. The number of amides is 1. The molecule has 29 heavy (non-hydrogen) atoms. The third kappa shape index (κ3) is 7.12. The lowest BCUT2D eigenvalue weighted by Gasteiger charge is -2.31. The van der Waals surface area contributed by atoms with Crippen LogP contribution >= 0.6 is 23.2 Å². The fraction of sp³-hybridized carbons (Fsp3) is 0.667. The Kier molecular flexibility index (Phi) is 9.73. The number of sulfonamides is 1. The fourth-order valence-corrected chi connectivity index (χ4v) is 6.05. The molecule has 1 N–H and O–H groups in total. The highest BCUT2D eigenvalue weighted by atomic mass is 35.5. The molecule has 1 heterocycles. The Labute approximate surface area is 185 Å². The molecule has 0 spiro atoms. The van der Waals surface area contributed by atoms with Gasteiger partial charge in [0, 0.05) is 35.2 Å². The number of hydrogen-bond donors (Lipinski definition) is 1. The molecule has 2 rings (SSSR count). The quantitative estimate of drug-likeness (QED) is 0.539. The van der Waals surface area contributed by atoms with Gasteiger partial charge < -0.3 is 5.32 Å². The molecule has 0 bridgehead atoms. The van der Waals surface area contributed by atoms with E-state index in [4.69, 9.17) is 23.2 Å². The second kappa shape index (κ2) is 11.5. The minimum absolute atomic E-state index is 0.0457. The smallest absolute Gasteiger partial charge is 0.224 e. The van der Waals surface area contributed by atoms with Crippen molar-refractivity contribution in [2.24, 2.45) is 11.8 Å². The van der Waals surface area contributed by atoms with Gasteiger partial charge in [0.1, 0.15) is 0 Å². The molecule has 8 heteroatoms. The maximum Gasteiger partial charge on any atom is 0.224 e. The third-order valence-corrected chi connectivity index (χ3v) is 8.13. The summed E-state index contributed by atoms with van der Waals surface area (Å²) in [4.78, 5) is 12.7. The van der Waals surface area contributed by atoms with E-state index in [2.05, 4.69) is 19.2 Å². The molecule has 5 nitrogen and oxygen atoms in total. The largest absolute Gasteiger partial charge is 0.356 e. The average molecular weight is 463 g/mol. The van der Waals surface area contributed by atoms with Gasteiger partial charge in [-0.1, -0.05) is 62.4 Å². The molecule has 2 atom stereocenters. The van der Waals surface area contributed by atoms with Gasteiger partial charge in [0.15, 0.2) is 0 Å². The van der Waals surface area contributed by atoms with Crippen molar-refractivity contribution in [1.82, 2.24) is 9.62 Å². The van der Waals surface area contributed by atoms with Crippen molar-refractivity contribution in [3.05, 3.63) is 33.8 Å². The van der Waals surface area contributed by atoms with Crippen molar-refractivity contribution in [1.29, 1.82) is 0 Å². The number of carbonyl (C=O) groups excluding carboxylic acids is 1. The van der Waals surface area contributed by atoms with Gasteiger partial charge in [-0.05, 0) is 37.3 Å². The van der Waals surface area contributed by atoms with Crippen LogP contribution < -0.4 is 5.32 Å². The van der Waals surface area contributed by atoms with Crippen LogP contribution in [0.5, 0.6) is 0 Å². The molecule has 1 aliphatic heterocycles. The summed E-state index contributed by atoms with van der Waals surface area (Å²) in [6, 6.07) is 4.95. The molecule has 1 aromatic carbocycles. The Balaban J connectivity index is 1.97. The van der Waals surface area contributed by atoms with Gasteiger partial charge in [-0.3, -0.25) is 4.79 Å². The fourth-order valence-electron chi connectivity index (χ4n) is 3.69. The molecule has 1 amide bonds. The summed E-state index contributed by atoms with van der Waals surface area (Å²) in [7, 11) is -3.61. The summed E-state index contributed by atoms with van der Waals surface area (Å²) in [6.45, 7) is 5.59. The van der Waals surface area contributed by atoms with Crippen LogP contribution in [0.15, 0.2) is 18.2 Å². The molecular formula is C21H32Cl2N2O3S. The Morgan fingerprint density at radius 2 is 1.97 bits per heavy atom. The highest BCUT2D eigenvalue weighted by Crippen LogP contribution is 2.29. The predicted molar refractivity (Wildman–Crippen MR) is 120 cm³/mol. The van der Waals surface area contributed by atoms with Crippen molar-refractivity contribution >= 4 is 39.1 Å². The first-order valence-corrected chi connectivity index (χ1v) is 12.8. The number of piperidine rings is 1. The minimum atomic E-state index is -3.61. The summed E-state index contributed by atoms with van der Waals surface area (Å²) in [5, 5.41) is 3.73. The molecule has 1 saturated heterocycles. The van der Waals surface area contributed by atoms with E-state index in [9.17, 15) is 13.2 Å². The number of nitrogens with zero attached hydrogens (tertiary/aromatic N) is 1. The SMILES string of the molecule is CCCCC(CC)CNC(=O)C1CCCN(S(=O)(=O)Cc2c(Cl)cccc2Cl)C1. The molecule has 0 radical (unpaired) electrons. The summed E-state index contributed by atoms with van der Waals surface area (Å²) in [5.74, 6) is -0.140. The molecule has 0 aliphatic carbocycles. The maximum atomic E-state index is 12.9. The summed E-state index contributed by atoms with van der Waals surface area (Å²) in [5.41, 5.74) is 0.407. The van der Waals surface area contributed by atoms with Crippen LogP contribution in [0, 0.1) is 11.8 Å². The van der Waals surface area contributed by atoms with Crippen LogP contribution in [0.4, 0.5) is 0 Å². The van der Waals surface area contributed by atoms with E-state index >= 15 is 0 Å². The lowest BCUT2D eigenvalue weighted by molar-refractivity contribution is -0.126. The van der Waals surface area contributed by atoms with Crippen molar-refractivity contribution < 1.29 is 13.2 Å². The van der Waals surface area contributed by atoms with Crippen molar-refractivity contribution in [3.8, 4) is 0 Å². The van der Waals surface area contributed by atoms with Crippen LogP contribution in [0.2, 0.25) is 10.0 Å². The van der Waals surface area contributed by atoms with Gasteiger partial charge in [-0.2, -0.15) is 0 Å². The van der Waals surface area contributed by atoms with Crippen molar-refractivity contribution in [2.75, 3.05) is 19.6 Å². The zero-order valence-electron chi connectivity index (χ0n) is 17.3. The van der Waals surface area contributed by atoms with E-state index in [1.165, 1.54) is 4.31 Å². The first-order chi connectivity index (χ1) is 13.8. The number of nitrogens with one attached hydrogen (secondary N) is 1. The molecule has 1 aromatic rings. The van der Waals surface area contributed by atoms with E-state index in [1.807, 2.05) is 0 Å². The molecule has 1 fully saturated rings. The van der Waals surface area contributed by atoms with Gasteiger partial charge in [0.25, 0.3) is 0 Å². The number of hydrogen-bond acceptors (Lipinski definition) is 3. The number of halogens is 2. The van der Waals surface area contributed by atoms with Gasteiger partial charge in [0.2, 0.25) is 15.9 Å². The van der Waals surface area contributed by atoms with Crippen molar-refractivity contribution in [2.45, 2.75) is 58.1 Å². The van der Waals surface area contributed by atoms with E-state index in [-0.39, 0.29) is 24.1 Å². The summed E-state index contributed by atoms with van der Waals surface area (Å²) in [6.07, 6.45) is 5.82. The van der Waals surface area contributed by atoms with Crippen LogP contribution in [-0.4, -0.2) is 38.3 Å². The molecule has 1 aliphatic rings. The highest BCUT2D eigenvalue weighted by Gasteiger charge is 2.33. The van der Waals surface area contributed by atoms with E-state index in [1.54, 1.807) is 18.2 Å². The van der Waals surface area contributed by atoms with Gasteiger partial charge >= 0.3 is 0 Å². The number of benzene rings is 1. The van der Waals surface area contributed by atoms with Gasteiger partial charge in [-0.15, -0.1) is 0 Å². The van der Waals surface area contributed by atoms with Crippen LogP contribution in [0.1, 0.15) is 57.9 Å². The maximum absolute atomic E-state index is 12.9. The van der Waals surface area contributed by atoms with E-state index < -0.39 is 10.0 Å². The Morgan fingerprint density at radius 1 is 1.28 bits per heavy atom. The average Bonchev–Trinajstić information content (AvgIpc) is 2.71. The number of carbonyl (C=O) groups is 1. The zero-order valence-corrected chi connectivity index (χ0v) is 19.6. The van der Waals surface area contributed by atoms with Gasteiger partial charge in [-0.25, -0.2) is 12.7 Å². The Hall–Kier alpha value is -0.820. The molecule has 0 saturated carbocycles. The Bertz CT molecular complexity index is 766.